The Hall–Kier alpha value is -5.88. The van der Waals surface area contributed by atoms with Gasteiger partial charge < -0.3 is 36.8 Å². The van der Waals surface area contributed by atoms with Crippen LogP contribution in [0, 0.1) is 22.7 Å². The number of aliphatic hydroxyl groups excluding tert-OH is 2. The molecule has 6 aliphatic rings. The quantitative estimate of drug-likeness (QED) is 0.154. The SMILES string of the molecule is CC1(C)C(C(N)=O)Cc2ccc(cc2)[C@@]1(C(=O)NC(=O)O)N1C[C@H](O)C[C@@H]1N(c1ccccc1)[C@H]1C[C@@H](O)CN1[C@]1(C(=O)NC(=O)O)c2ccc(cc2)CC(C(N)=O)C1(C)C. The predicted molar refractivity (Wildman–Crippen MR) is 220 cm³/mol. The van der Waals surface area contributed by atoms with Crippen LogP contribution in [0.2, 0.25) is 0 Å². The molecule has 0 radical (unpaired) electrons. The minimum atomic E-state index is -2.04. The summed E-state index contributed by atoms with van der Waals surface area (Å²) in [6, 6.07) is 22.6. The lowest BCUT2D eigenvalue weighted by molar-refractivity contribution is -0.156. The molecule has 3 aromatic rings. The molecule has 3 aromatic carbocycles. The molecule has 61 heavy (non-hydrogen) atoms. The van der Waals surface area contributed by atoms with Crippen LogP contribution in [0.5, 0.6) is 0 Å². The van der Waals surface area contributed by atoms with Gasteiger partial charge in [0.25, 0.3) is 11.8 Å². The number of anilines is 1. The monoisotopic (exact) mass is 839 g/mol. The lowest BCUT2D eigenvalue weighted by atomic mass is 9.57. The number of carbonyl (C=O) groups is 6. The van der Waals surface area contributed by atoms with Crippen molar-refractivity contribution in [1.82, 2.24) is 20.4 Å². The van der Waals surface area contributed by atoms with E-state index in [4.69, 9.17) is 11.5 Å². The predicted octanol–water partition coefficient (Wildman–Crippen LogP) is 2.03. The van der Waals surface area contributed by atoms with Crippen LogP contribution in [0.1, 0.15) is 62.8 Å². The van der Waals surface area contributed by atoms with Gasteiger partial charge in [0, 0.05) is 54.3 Å². The number of benzene rings is 3. The summed E-state index contributed by atoms with van der Waals surface area (Å²) in [6.07, 6.45) is -7.61. The summed E-state index contributed by atoms with van der Waals surface area (Å²) in [5.74, 6) is -5.52. The third-order valence-electron chi connectivity index (χ3n) is 14.1. The molecule has 9 rings (SSSR count). The van der Waals surface area contributed by atoms with E-state index in [0.717, 1.165) is 11.1 Å². The highest BCUT2D eigenvalue weighted by atomic mass is 16.4. The smallest absolute Gasteiger partial charge is 0.411 e. The Labute approximate surface area is 352 Å². The molecular weight excluding hydrogens is 787 g/mol. The van der Waals surface area contributed by atoms with Gasteiger partial charge in [-0.05, 0) is 47.2 Å². The molecule has 6 amide bonds. The fraction of sp³-hybridized carbons (Fsp3) is 0.455. The first kappa shape index (κ1) is 43.2. The van der Waals surface area contributed by atoms with Gasteiger partial charge in [0.15, 0.2) is 0 Å². The summed E-state index contributed by atoms with van der Waals surface area (Å²) in [6.45, 7) is 6.28. The van der Waals surface area contributed by atoms with Gasteiger partial charge in [0.2, 0.25) is 11.8 Å². The van der Waals surface area contributed by atoms with E-state index in [1.165, 1.54) is 0 Å². The van der Waals surface area contributed by atoms with Crippen molar-refractivity contribution in [2.24, 2.45) is 34.1 Å². The van der Waals surface area contributed by atoms with Crippen LogP contribution in [-0.4, -0.2) is 104 Å². The molecule has 0 aromatic heterocycles. The number of fused-ring (bicyclic) bond motifs is 10. The first-order valence-electron chi connectivity index (χ1n) is 20.3. The lowest BCUT2D eigenvalue weighted by Crippen LogP contribution is -2.73. The number of hydrogen-bond donors (Lipinski definition) is 8. The standard InChI is InChI=1S/C44H53N7O10/c1-41(2)31(35(45)54)18-24-10-14-26(15-11-24)43(41,37(56)47-39(58)59)49-22-29(52)20-33(49)51(28-8-6-5-7-9-28)34-21-30(53)23-50(34)44(38(57)48-40(60)61)27-16-12-25(13-17-27)19-32(36(46)55)42(44,3)4/h5-17,29-34,52-53H,18-23H2,1-4H3,(H2,45,54)(H2,46,55)(H,47,56)(H,48,57)(H,58,59)(H,60,61)/t29-,30-,31?,32?,33+,34+,43+,44+/m1/s1. The molecule has 0 saturated carbocycles. The maximum atomic E-state index is 15.1. The number of rotatable bonds is 9. The Kier molecular flexibility index (Phi) is 11.0. The van der Waals surface area contributed by atoms with E-state index in [2.05, 4.69) is 10.6 Å². The van der Waals surface area contributed by atoms with Crippen molar-refractivity contribution in [1.29, 1.82) is 0 Å². The number of β-amino-alcohol motifs (C(OH)–C–C–N with tert-alkyl or cyclic N) is 2. The van der Waals surface area contributed by atoms with E-state index in [1.807, 2.05) is 4.90 Å². The number of imide groups is 2. The molecule has 8 atom stereocenters. The van der Waals surface area contributed by atoms with Crippen molar-refractivity contribution in [2.75, 3.05) is 18.0 Å². The van der Waals surface area contributed by atoms with E-state index in [1.54, 1.807) is 116 Å². The molecular formula is C44H53N7O10. The molecule has 2 saturated heterocycles. The molecule has 0 spiro atoms. The van der Waals surface area contributed by atoms with E-state index < -0.39 is 94.1 Å². The van der Waals surface area contributed by atoms with Gasteiger partial charge in [0.1, 0.15) is 11.1 Å². The van der Waals surface area contributed by atoms with Crippen LogP contribution in [0.15, 0.2) is 78.9 Å². The Morgan fingerprint density at radius 3 is 1.30 bits per heavy atom. The molecule has 324 valence electrons. The zero-order valence-electron chi connectivity index (χ0n) is 34.4. The first-order chi connectivity index (χ1) is 28.7. The number of nitrogens with two attached hydrogens (primary N) is 2. The van der Waals surface area contributed by atoms with Crippen molar-refractivity contribution in [3.8, 4) is 0 Å². The third-order valence-corrected chi connectivity index (χ3v) is 14.1. The van der Waals surface area contributed by atoms with Crippen LogP contribution in [-0.2, 0) is 43.1 Å². The van der Waals surface area contributed by atoms with E-state index in [0.29, 0.717) is 16.8 Å². The summed E-state index contributed by atoms with van der Waals surface area (Å²) in [5, 5.41) is 48.2. The average Bonchev–Trinajstić information content (AvgIpc) is 3.74. The summed E-state index contributed by atoms with van der Waals surface area (Å²) >= 11 is 0. The van der Waals surface area contributed by atoms with Gasteiger partial charge in [-0.3, -0.25) is 39.6 Å². The molecule has 4 aliphatic carbocycles. The highest BCUT2D eigenvalue weighted by Gasteiger charge is 2.68. The van der Waals surface area contributed by atoms with Gasteiger partial charge in [0.05, 0.1) is 24.5 Å². The number of likely N-dealkylation sites (tertiary alicyclic amines) is 2. The maximum absolute atomic E-state index is 15.1. The van der Waals surface area contributed by atoms with Crippen molar-refractivity contribution < 1.29 is 49.2 Å². The van der Waals surface area contributed by atoms with Crippen LogP contribution in [0.4, 0.5) is 15.3 Å². The van der Waals surface area contributed by atoms with Gasteiger partial charge in [-0.25, -0.2) is 9.59 Å². The van der Waals surface area contributed by atoms with Gasteiger partial charge in [-0.15, -0.1) is 0 Å². The number of carboxylic acid groups (broad SMARTS) is 2. The average molecular weight is 840 g/mol. The van der Waals surface area contributed by atoms with Gasteiger partial charge >= 0.3 is 12.2 Å². The second-order valence-electron chi connectivity index (χ2n) is 17.9. The van der Waals surface area contributed by atoms with Crippen molar-refractivity contribution >= 4 is 41.5 Å². The normalized spacial score (nSPS) is 30.3. The Morgan fingerprint density at radius 2 is 0.967 bits per heavy atom. The molecule has 2 unspecified atom stereocenters. The van der Waals surface area contributed by atoms with E-state index in [-0.39, 0.29) is 38.8 Å². The zero-order chi connectivity index (χ0) is 44.4. The van der Waals surface area contributed by atoms with Crippen LogP contribution in [0.3, 0.4) is 0 Å². The van der Waals surface area contributed by atoms with Gasteiger partial charge in [-0.1, -0.05) is 94.4 Å². The van der Waals surface area contributed by atoms with Crippen molar-refractivity contribution in [3.63, 3.8) is 0 Å². The molecule has 17 nitrogen and oxygen atoms in total. The molecule has 17 heteroatoms. The molecule has 2 heterocycles. The number of carbonyl (C=O) groups excluding carboxylic acids is 4. The lowest BCUT2D eigenvalue weighted by Gasteiger charge is -2.60. The molecule has 2 aliphatic heterocycles. The fourth-order valence-corrected chi connectivity index (χ4v) is 11.4. The second kappa shape index (κ2) is 15.5. The molecule has 2 fully saturated rings. The van der Waals surface area contributed by atoms with E-state index in [9.17, 15) is 39.6 Å². The summed E-state index contributed by atoms with van der Waals surface area (Å²) in [5.41, 5.74) is 7.92. The topological polar surface area (TPSA) is 269 Å². The van der Waals surface area contributed by atoms with Gasteiger partial charge in [-0.2, -0.15) is 0 Å². The number of nitrogens with one attached hydrogen (secondary N) is 2. The summed E-state index contributed by atoms with van der Waals surface area (Å²) < 4.78 is 0. The number of hydrogen-bond acceptors (Lipinski definition) is 11. The van der Waals surface area contributed by atoms with Crippen LogP contribution < -0.4 is 27.0 Å². The Bertz CT molecular complexity index is 2100. The van der Waals surface area contributed by atoms with Crippen LogP contribution >= 0.6 is 0 Å². The van der Waals surface area contributed by atoms with Crippen LogP contribution in [0.25, 0.3) is 0 Å². The molecule has 10 N–H and O–H groups in total. The van der Waals surface area contributed by atoms with Crippen molar-refractivity contribution in [2.45, 2.75) is 89.0 Å². The minimum absolute atomic E-state index is 0.0663. The largest absolute Gasteiger partial charge is 0.465 e. The van der Waals surface area contributed by atoms with E-state index >= 15 is 9.59 Å². The fourth-order valence-electron chi connectivity index (χ4n) is 11.4. The second-order valence-corrected chi connectivity index (χ2v) is 17.9. The maximum Gasteiger partial charge on any atom is 0.411 e. The Balaban J connectivity index is 1.53. The number of para-hydroxylation sites is 1. The highest BCUT2D eigenvalue weighted by molar-refractivity contribution is 6.00. The number of amides is 6. The Morgan fingerprint density at radius 1 is 0.607 bits per heavy atom. The number of aliphatic hydroxyl groups is 2. The minimum Gasteiger partial charge on any atom is -0.465 e. The first-order valence-corrected chi connectivity index (χ1v) is 20.3. The summed E-state index contributed by atoms with van der Waals surface area (Å²) in [4.78, 5) is 87.5. The summed E-state index contributed by atoms with van der Waals surface area (Å²) in [7, 11) is 0. The zero-order valence-corrected chi connectivity index (χ0v) is 34.4. The third kappa shape index (κ3) is 6.70. The molecule has 4 bridgehead atoms. The highest BCUT2D eigenvalue weighted by Crippen LogP contribution is 2.57. The van der Waals surface area contributed by atoms with Crippen molar-refractivity contribution in [3.05, 3.63) is 101 Å². The number of nitrogens with zero attached hydrogens (tertiary/aromatic N) is 3. The number of primary amides is 2.